The Bertz CT molecular complexity index is 1310. The molecule has 0 aliphatic rings. The molecule has 4 rings (SSSR count). The first-order valence-corrected chi connectivity index (χ1v) is 11.0. The van der Waals surface area contributed by atoms with Crippen molar-refractivity contribution in [2.45, 2.75) is 20.8 Å². The van der Waals surface area contributed by atoms with Crippen molar-refractivity contribution >= 4 is 53.6 Å². The fraction of sp³-hybridized carbons (Fsp3) is 0.154. The van der Waals surface area contributed by atoms with E-state index in [0.29, 0.717) is 0 Å². The molecule has 0 spiro atoms. The first kappa shape index (κ1) is 21.1. The summed E-state index contributed by atoms with van der Waals surface area (Å²) in [4.78, 5) is 2.44. The fourth-order valence-corrected chi connectivity index (χ4v) is 5.06. The molecule has 0 amide bonds. The van der Waals surface area contributed by atoms with Gasteiger partial charge in [-0.25, -0.2) is 0 Å². The van der Waals surface area contributed by atoms with Gasteiger partial charge in [0.1, 0.15) is 0 Å². The normalized spacial score (nSPS) is 11.0. The molecule has 0 saturated heterocycles. The minimum absolute atomic E-state index is 0.939. The summed E-state index contributed by atoms with van der Waals surface area (Å²) < 4.78 is 2.64. The second-order valence-corrected chi connectivity index (χ2v) is 9.21. The maximum absolute atomic E-state index is 7.00. The molecule has 0 saturated carbocycles. The van der Waals surface area contributed by atoms with Gasteiger partial charge < -0.3 is 5.11 Å². The van der Waals surface area contributed by atoms with Crippen molar-refractivity contribution in [2.24, 2.45) is 0 Å². The smallest absolute Gasteiger partial charge is 0.0785 e. The predicted molar refractivity (Wildman–Crippen MR) is 132 cm³/mol. The zero-order valence-corrected chi connectivity index (χ0v) is 18.8. The van der Waals surface area contributed by atoms with E-state index in [2.05, 4.69) is 81.7 Å². The van der Waals surface area contributed by atoms with Crippen molar-refractivity contribution < 1.29 is 5.11 Å². The number of hydrogen-bond acceptors (Lipinski definition) is 3. The molecule has 29 heavy (non-hydrogen) atoms. The standard InChI is InChI=1S/C25H20S2.CH4O/c1-5-18(7-6-16(2)3)8-9-19-15-23-21-10-12-24-22(14-17(4)26-24)20(21)11-13-25(23)27-19;1-2/h5-7,10-15H,1H2,2-4H3;2H,1H3/b18-7+;. The first-order chi connectivity index (χ1) is 14.0. The highest BCUT2D eigenvalue weighted by Gasteiger charge is 2.09. The summed E-state index contributed by atoms with van der Waals surface area (Å²) in [7, 11) is 1.00. The van der Waals surface area contributed by atoms with E-state index in [-0.39, 0.29) is 0 Å². The van der Waals surface area contributed by atoms with E-state index in [4.69, 9.17) is 5.11 Å². The summed E-state index contributed by atoms with van der Waals surface area (Å²) in [5.74, 6) is 6.56. The van der Waals surface area contributed by atoms with Gasteiger partial charge in [-0.1, -0.05) is 48.3 Å². The Labute approximate surface area is 180 Å². The van der Waals surface area contributed by atoms with Gasteiger partial charge in [-0.15, -0.1) is 22.7 Å². The van der Waals surface area contributed by atoms with E-state index < -0.39 is 0 Å². The van der Waals surface area contributed by atoms with Gasteiger partial charge in [0.15, 0.2) is 0 Å². The van der Waals surface area contributed by atoms with Crippen LogP contribution in [-0.4, -0.2) is 12.2 Å². The lowest BCUT2D eigenvalue weighted by Gasteiger charge is -2.01. The van der Waals surface area contributed by atoms with Crippen LogP contribution >= 0.6 is 22.7 Å². The summed E-state index contributed by atoms with van der Waals surface area (Å²) in [5, 5.41) is 12.3. The van der Waals surface area contributed by atoms with Crippen LogP contribution < -0.4 is 0 Å². The molecular formula is C26H24OS2. The van der Waals surface area contributed by atoms with Crippen LogP contribution in [0.5, 0.6) is 0 Å². The number of allylic oxidation sites excluding steroid dienone is 5. The third kappa shape index (κ3) is 4.52. The average Bonchev–Trinajstić information content (AvgIpc) is 3.31. The number of fused-ring (bicyclic) bond motifs is 5. The van der Waals surface area contributed by atoms with Crippen LogP contribution in [0.2, 0.25) is 0 Å². The molecule has 2 aromatic heterocycles. The minimum Gasteiger partial charge on any atom is -0.400 e. The van der Waals surface area contributed by atoms with Gasteiger partial charge >= 0.3 is 0 Å². The molecule has 0 fully saturated rings. The number of hydrogen-bond donors (Lipinski definition) is 1. The molecule has 1 N–H and O–H groups in total. The Morgan fingerprint density at radius 1 is 0.897 bits per heavy atom. The molecule has 3 heteroatoms. The minimum atomic E-state index is 0.939. The number of aliphatic hydroxyl groups excluding tert-OH is 1. The Balaban J connectivity index is 0.00000117. The van der Waals surface area contributed by atoms with Gasteiger partial charge in [-0.05, 0) is 61.9 Å². The van der Waals surface area contributed by atoms with Gasteiger partial charge in [0.25, 0.3) is 0 Å². The van der Waals surface area contributed by atoms with Gasteiger partial charge in [-0.2, -0.15) is 0 Å². The van der Waals surface area contributed by atoms with Gasteiger partial charge in [0, 0.05) is 37.7 Å². The third-order valence-corrected chi connectivity index (χ3v) is 6.50. The lowest BCUT2D eigenvalue weighted by molar-refractivity contribution is 0.399. The molecule has 1 nitrogen and oxygen atoms in total. The van der Waals surface area contributed by atoms with E-state index in [1.807, 2.05) is 23.5 Å². The predicted octanol–water partition coefficient (Wildman–Crippen LogP) is 7.62. The Hall–Kier alpha value is -2.64. The van der Waals surface area contributed by atoms with E-state index in [1.54, 1.807) is 11.3 Å². The number of aryl methyl sites for hydroxylation is 1. The topological polar surface area (TPSA) is 20.2 Å². The fourth-order valence-electron chi connectivity index (χ4n) is 3.19. The molecule has 0 bridgehead atoms. The molecule has 0 aliphatic heterocycles. The molecule has 0 aliphatic carbocycles. The maximum Gasteiger partial charge on any atom is 0.0785 e. The summed E-state index contributed by atoms with van der Waals surface area (Å²) in [5.41, 5.74) is 2.19. The van der Waals surface area contributed by atoms with Crippen LogP contribution in [0, 0.1) is 18.8 Å². The summed E-state index contributed by atoms with van der Waals surface area (Å²) in [6, 6.07) is 13.5. The molecule has 4 aromatic rings. The lowest BCUT2D eigenvalue weighted by Crippen LogP contribution is -1.74. The highest BCUT2D eigenvalue weighted by atomic mass is 32.1. The molecule has 2 aromatic carbocycles. The van der Waals surface area contributed by atoms with Crippen LogP contribution in [-0.2, 0) is 0 Å². The summed E-state index contributed by atoms with van der Waals surface area (Å²) in [6.45, 7) is 10.2. The van der Waals surface area contributed by atoms with Crippen LogP contribution in [0.3, 0.4) is 0 Å². The first-order valence-electron chi connectivity index (χ1n) is 9.35. The van der Waals surface area contributed by atoms with Crippen molar-refractivity contribution in [2.75, 3.05) is 7.11 Å². The number of rotatable bonds is 2. The molecule has 0 unspecified atom stereocenters. The van der Waals surface area contributed by atoms with E-state index in [9.17, 15) is 0 Å². The SMILES string of the molecule is C=C/C(C#Cc1cc2c(ccc3c4cc(C)sc4ccc23)s1)=C\C=C(C)C.CO. The van der Waals surface area contributed by atoms with Crippen LogP contribution in [0.15, 0.2) is 72.4 Å². The molecule has 0 radical (unpaired) electrons. The van der Waals surface area contributed by atoms with Crippen LogP contribution in [0.1, 0.15) is 23.6 Å². The zero-order chi connectivity index (χ0) is 21.0. The highest BCUT2D eigenvalue weighted by molar-refractivity contribution is 7.20. The van der Waals surface area contributed by atoms with Gasteiger partial charge in [0.2, 0.25) is 0 Å². The second kappa shape index (κ2) is 9.24. The van der Waals surface area contributed by atoms with Crippen LogP contribution in [0.4, 0.5) is 0 Å². The quantitative estimate of drug-likeness (QED) is 0.263. The number of benzene rings is 2. The van der Waals surface area contributed by atoms with Crippen molar-refractivity contribution in [3.05, 3.63) is 82.1 Å². The Morgan fingerprint density at radius 2 is 1.52 bits per heavy atom. The van der Waals surface area contributed by atoms with Crippen LogP contribution in [0.25, 0.3) is 30.9 Å². The number of aliphatic hydroxyl groups is 1. The van der Waals surface area contributed by atoms with Crippen molar-refractivity contribution in [3.63, 3.8) is 0 Å². The largest absolute Gasteiger partial charge is 0.400 e. The van der Waals surface area contributed by atoms with Crippen molar-refractivity contribution in [1.82, 2.24) is 0 Å². The van der Waals surface area contributed by atoms with Gasteiger partial charge in [0.05, 0.1) is 4.88 Å². The Kier molecular flexibility index (Phi) is 6.71. The van der Waals surface area contributed by atoms with E-state index in [1.165, 1.54) is 41.4 Å². The summed E-state index contributed by atoms with van der Waals surface area (Å²) in [6.07, 6.45) is 5.90. The van der Waals surface area contributed by atoms with Crippen molar-refractivity contribution in [3.8, 4) is 11.8 Å². The lowest BCUT2D eigenvalue weighted by atomic mass is 10.0. The molecule has 146 valence electrons. The van der Waals surface area contributed by atoms with Gasteiger partial charge in [-0.3, -0.25) is 0 Å². The van der Waals surface area contributed by atoms with Crippen molar-refractivity contribution in [1.29, 1.82) is 0 Å². The Morgan fingerprint density at radius 3 is 2.14 bits per heavy atom. The zero-order valence-electron chi connectivity index (χ0n) is 17.2. The highest BCUT2D eigenvalue weighted by Crippen LogP contribution is 2.37. The number of thiophene rings is 2. The average molecular weight is 417 g/mol. The third-order valence-electron chi connectivity index (χ3n) is 4.46. The molecular weight excluding hydrogens is 392 g/mol. The maximum atomic E-state index is 7.00. The second-order valence-electron chi connectivity index (χ2n) is 6.84. The monoisotopic (exact) mass is 416 g/mol. The summed E-state index contributed by atoms with van der Waals surface area (Å²) >= 11 is 3.61. The molecule has 2 heterocycles. The van der Waals surface area contributed by atoms with E-state index in [0.717, 1.165) is 17.6 Å². The van der Waals surface area contributed by atoms with E-state index >= 15 is 0 Å². The molecule has 0 atom stereocenters.